The van der Waals surface area contributed by atoms with Gasteiger partial charge in [-0.2, -0.15) is 0 Å². The van der Waals surface area contributed by atoms with Crippen LogP contribution in [0.1, 0.15) is 33.6 Å². The molecular weight excluding hydrogens is 461 g/mol. The van der Waals surface area contributed by atoms with Crippen molar-refractivity contribution in [3.63, 3.8) is 0 Å². The van der Waals surface area contributed by atoms with E-state index in [-0.39, 0.29) is 19.4 Å². The van der Waals surface area contributed by atoms with Crippen molar-refractivity contribution >= 4 is 45.8 Å². The lowest BCUT2D eigenvalue weighted by Crippen LogP contribution is -2.41. The third kappa shape index (κ3) is 4.83. The van der Waals surface area contributed by atoms with Crippen molar-refractivity contribution in [1.29, 1.82) is 0 Å². The monoisotopic (exact) mass is 479 g/mol. The number of hydrogen-bond acceptors (Lipinski definition) is 7. The molecule has 178 valence electrons. The Labute approximate surface area is 197 Å². The normalized spacial score (nSPS) is 12.5. The molecule has 0 aliphatic carbocycles. The van der Waals surface area contributed by atoms with Gasteiger partial charge in [0.1, 0.15) is 5.82 Å². The van der Waals surface area contributed by atoms with Crippen LogP contribution in [0.25, 0.3) is 10.8 Å². The average Bonchev–Trinajstić information content (AvgIpc) is 2.84. The molecule has 1 aliphatic rings. The number of nitrogens with zero attached hydrogens (tertiary/aromatic N) is 2. The number of carbonyl (C=O) groups excluding carboxylic acids is 4. The predicted molar refractivity (Wildman–Crippen MR) is 121 cm³/mol. The van der Waals surface area contributed by atoms with Gasteiger partial charge in [-0.15, -0.1) is 0 Å². The number of nitrogens with one attached hydrogen (secondary N) is 1. The van der Waals surface area contributed by atoms with Crippen LogP contribution in [0, 0.1) is 15.9 Å². The van der Waals surface area contributed by atoms with Gasteiger partial charge in [-0.05, 0) is 30.0 Å². The second kappa shape index (κ2) is 9.67. The van der Waals surface area contributed by atoms with Crippen molar-refractivity contribution in [2.75, 3.05) is 18.5 Å². The zero-order valence-electron chi connectivity index (χ0n) is 18.2. The Morgan fingerprint density at radius 2 is 1.69 bits per heavy atom. The summed E-state index contributed by atoms with van der Waals surface area (Å²) in [6.07, 6.45) is -0.0725. The first-order valence-corrected chi connectivity index (χ1v) is 10.5. The van der Waals surface area contributed by atoms with Crippen molar-refractivity contribution in [3.05, 3.63) is 81.7 Å². The minimum Gasteiger partial charge on any atom is -0.456 e. The topological polar surface area (TPSA) is 136 Å². The molecule has 0 spiro atoms. The van der Waals surface area contributed by atoms with E-state index in [4.69, 9.17) is 4.74 Å². The number of anilines is 1. The van der Waals surface area contributed by atoms with Crippen molar-refractivity contribution in [1.82, 2.24) is 4.90 Å². The number of ether oxygens (including phenoxy) is 1. The first kappa shape index (κ1) is 23.5. The number of esters is 1. The summed E-state index contributed by atoms with van der Waals surface area (Å²) in [7, 11) is 0. The Morgan fingerprint density at radius 1 is 1.03 bits per heavy atom. The number of halogens is 1. The first-order chi connectivity index (χ1) is 16.8. The summed E-state index contributed by atoms with van der Waals surface area (Å²) in [5.74, 6) is -3.44. The van der Waals surface area contributed by atoms with E-state index in [9.17, 15) is 33.7 Å². The van der Waals surface area contributed by atoms with Crippen LogP contribution >= 0.6 is 0 Å². The van der Waals surface area contributed by atoms with Crippen LogP contribution in [0.15, 0.2) is 54.6 Å². The molecule has 10 nitrogen and oxygen atoms in total. The zero-order chi connectivity index (χ0) is 25.1. The predicted octanol–water partition coefficient (Wildman–Crippen LogP) is 3.45. The van der Waals surface area contributed by atoms with Gasteiger partial charge in [0.05, 0.1) is 10.6 Å². The number of amides is 3. The average molecular weight is 479 g/mol. The van der Waals surface area contributed by atoms with E-state index in [0.717, 1.165) is 28.5 Å². The Morgan fingerprint density at radius 3 is 2.31 bits per heavy atom. The highest BCUT2D eigenvalue weighted by atomic mass is 19.1. The Kier molecular flexibility index (Phi) is 6.49. The minimum atomic E-state index is -0.886. The molecule has 0 atom stereocenters. The van der Waals surface area contributed by atoms with Crippen molar-refractivity contribution in [2.24, 2.45) is 0 Å². The van der Waals surface area contributed by atoms with Crippen LogP contribution in [0.3, 0.4) is 0 Å². The molecule has 3 amide bonds. The largest absolute Gasteiger partial charge is 0.456 e. The van der Waals surface area contributed by atoms with Crippen molar-refractivity contribution in [3.8, 4) is 0 Å². The summed E-state index contributed by atoms with van der Waals surface area (Å²) in [5, 5.41) is 14.3. The molecule has 35 heavy (non-hydrogen) atoms. The maximum atomic E-state index is 13.8. The fourth-order valence-electron chi connectivity index (χ4n) is 3.79. The van der Waals surface area contributed by atoms with E-state index < -0.39 is 52.4 Å². The van der Waals surface area contributed by atoms with Gasteiger partial charge >= 0.3 is 5.97 Å². The molecule has 0 radical (unpaired) electrons. The second-order valence-electron chi connectivity index (χ2n) is 7.70. The minimum absolute atomic E-state index is 0.0252. The van der Waals surface area contributed by atoms with Crippen LogP contribution in [0.4, 0.5) is 15.8 Å². The summed E-state index contributed by atoms with van der Waals surface area (Å²) < 4.78 is 18.6. The smallest absolute Gasteiger partial charge is 0.306 e. The standard InChI is InChI=1S/C24H18FN3O7/c25-18-10-9-15(28(33)34)12-19(18)26-20(29)13-35-21(30)8-3-11-27-23(31)16-6-1-4-14-5-2-7-17(22(14)16)24(27)32/h1-2,4-7,9-10,12H,3,8,11,13H2,(H,26,29). The number of imide groups is 1. The Bertz CT molecular complexity index is 1340. The number of non-ortho nitro benzene ring substituents is 1. The molecule has 3 aromatic rings. The van der Waals surface area contributed by atoms with Gasteiger partial charge in [0.25, 0.3) is 23.4 Å². The van der Waals surface area contributed by atoms with Crippen molar-refractivity contribution in [2.45, 2.75) is 12.8 Å². The highest BCUT2D eigenvalue weighted by Gasteiger charge is 2.32. The van der Waals surface area contributed by atoms with Gasteiger partial charge in [-0.25, -0.2) is 4.39 Å². The molecule has 0 saturated heterocycles. The number of benzene rings is 3. The fourth-order valence-corrected chi connectivity index (χ4v) is 3.79. The third-order valence-electron chi connectivity index (χ3n) is 5.42. The number of nitro groups is 1. The number of rotatable bonds is 8. The van der Waals surface area contributed by atoms with Crippen molar-refractivity contribution < 1.29 is 33.2 Å². The van der Waals surface area contributed by atoms with Crippen LogP contribution in [-0.2, 0) is 14.3 Å². The second-order valence-corrected chi connectivity index (χ2v) is 7.70. The summed E-state index contributed by atoms with van der Waals surface area (Å²) in [6.45, 7) is -0.763. The number of nitro benzene ring substituents is 1. The van der Waals surface area contributed by atoms with E-state index in [1.165, 1.54) is 0 Å². The number of carbonyl (C=O) groups is 4. The van der Waals surface area contributed by atoms with Crippen LogP contribution in [0.2, 0.25) is 0 Å². The third-order valence-corrected chi connectivity index (χ3v) is 5.42. The molecule has 4 rings (SSSR count). The summed E-state index contributed by atoms with van der Waals surface area (Å²) in [6, 6.07) is 13.0. The van der Waals surface area contributed by atoms with Crippen LogP contribution in [-0.4, -0.2) is 46.7 Å². The Hall–Kier alpha value is -4.67. The fraction of sp³-hybridized carbons (Fsp3) is 0.167. The molecule has 0 saturated carbocycles. The SMILES string of the molecule is O=C(COC(=O)CCCN1C(=O)c2cccc3cccc(c23)C1=O)Nc1cc([N+](=O)[O-])ccc1F. The molecule has 1 N–H and O–H groups in total. The zero-order valence-corrected chi connectivity index (χ0v) is 18.2. The highest BCUT2D eigenvalue weighted by molar-refractivity contribution is 6.25. The molecule has 11 heteroatoms. The van der Waals surface area contributed by atoms with Gasteiger partial charge in [-0.1, -0.05) is 24.3 Å². The quantitative estimate of drug-likeness (QED) is 0.226. The molecule has 0 bridgehead atoms. The van der Waals surface area contributed by atoms with Gasteiger partial charge in [-0.3, -0.25) is 34.2 Å². The van der Waals surface area contributed by atoms with E-state index in [0.29, 0.717) is 16.5 Å². The summed E-state index contributed by atoms with van der Waals surface area (Å²) >= 11 is 0. The first-order valence-electron chi connectivity index (χ1n) is 10.5. The van der Waals surface area contributed by atoms with E-state index >= 15 is 0 Å². The molecular formula is C24H18FN3O7. The highest BCUT2D eigenvalue weighted by Crippen LogP contribution is 2.30. The maximum absolute atomic E-state index is 13.8. The lowest BCUT2D eigenvalue weighted by Gasteiger charge is -2.27. The van der Waals surface area contributed by atoms with E-state index in [2.05, 4.69) is 5.32 Å². The molecule has 0 fully saturated rings. The van der Waals surface area contributed by atoms with E-state index in [1.807, 2.05) is 12.1 Å². The Balaban J connectivity index is 1.29. The molecule has 1 heterocycles. The molecule has 1 aliphatic heterocycles. The number of hydrogen-bond donors (Lipinski definition) is 1. The van der Waals surface area contributed by atoms with E-state index in [1.54, 1.807) is 24.3 Å². The summed E-state index contributed by atoms with van der Waals surface area (Å²) in [4.78, 5) is 60.7. The van der Waals surface area contributed by atoms with Crippen LogP contribution < -0.4 is 5.32 Å². The van der Waals surface area contributed by atoms with Gasteiger partial charge < -0.3 is 10.1 Å². The lowest BCUT2D eigenvalue weighted by molar-refractivity contribution is -0.384. The lowest BCUT2D eigenvalue weighted by atomic mass is 9.94. The van der Waals surface area contributed by atoms with Gasteiger partial charge in [0.15, 0.2) is 6.61 Å². The molecule has 3 aromatic carbocycles. The maximum Gasteiger partial charge on any atom is 0.306 e. The molecule has 0 aromatic heterocycles. The molecule has 0 unspecified atom stereocenters. The van der Waals surface area contributed by atoms with Crippen LogP contribution in [0.5, 0.6) is 0 Å². The van der Waals surface area contributed by atoms with Gasteiger partial charge in [0, 0.05) is 41.6 Å². The van der Waals surface area contributed by atoms with Gasteiger partial charge in [0.2, 0.25) is 0 Å². The summed E-state index contributed by atoms with van der Waals surface area (Å²) in [5.41, 5.74) is -0.0207.